The zero-order valence-corrected chi connectivity index (χ0v) is 21.2. The van der Waals surface area contributed by atoms with Gasteiger partial charge in [-0.05, 0) is 61.1 Å². The number of hydrogen-bond acceptors (Lipinski definition) is 7. The summed E-state index contributed by atoms with van der Waals surface area (Å²) in [6.45, 7) is 4.18. The van der Waals surface area contributed by atoms with E-state index in [0.29, 0.717) is 53.4 Å². The van der Waals surface area contributed by atoms with Gasteiger partial charge in [-0.15, -0.1) is 0 Å². The average Bonchev–Trinajstić information content (AvgIpc) is 2.87. The number of unbranched alkanes of at least 4 members (excludes halogenated alkanes) is 1. The van der Waals surface area contributed by atoms with Gasteiger partial charge in [0.15, 0.2) is 17.3 Å². The SMILES string of the molecule is CCCCOC(=O)C1=C(C)NC2=C(C(=O)CC(c3ccc(OC)c(OC)c3)C2)C1c1cccc(O)c1. The monoisotopic (exact) mass is 491 g/mol. The van der Waals surface area contributed by atoms with Crippen molar-refractivity contribution in [3.63, 3.8) is 0 Å². The van der Waals surface area contributed by atoms with Crippen LogP contribution in [0.3, 0.4) is 0 Å². The number of esters is 1. The molecule has 2 atom stereocenters. The predicted molar refractivity (Wildman–Crippen MR) is 136 cm³/mol. The Labute approximate surface area is 211 Å². The van der Waals surface area contributed by atoms with Gasteiger partial charge in [0.25, 0.3) is 0 Å². The maximum Gasteiger partial charge on any atom is 0.336 e. The van der Waals surface area contributed by atoms with Crippen molar-refractivity contribution in [2.75, 3.05) is 20.8 Å². The number of dihydropyridines is 1. The van der Waals surface area contributed by atoms with Crippen molar-refractivity contribution in [3.05, 3.63) is 76.1 Å². The number of Topliss-reactive ketones (excluding diaryl/α,β-unsaturated/α-hetero) is 1. The van der Waals surface area contributed by atoms with E-state index in [-0.39, 0.29) is 17.5 Å². The number of carbonyl (C=O) groups excluding carboxylic acids is 2. The van der Waals surface area contributed by atoms with Gasteiger partial charge in [-0.1, -0.05) is 31.5 Å². The van der Waals surface area contributed by atoms with E-state index in [1.807, 2.05) is 38.1 Å². The second-order valence-electron chi connectivity index (χ2n) is 9.22. The van der Waals surface area contributed by atoms with Crippen LogP contribution in [-0.4, -0.2) is 37.7 Å². The van der Waals surface area contributed by atoms with Crippen LogP contribution in [0.15, 0.2) is 65.0 Å². The fraction of sp³-hybridized carbons (Fsp3) is 0.379. The molecule has 2 aromatic rings. The molecule has 1 heterocycles. The second kappa shape index (κ2) is 10.9. The van der Waals surface area contributed by atoms with Crippen LogP contribution in [0.5, 0.6) is 17.2 Å². The quantitative estimate of drug-likeness (QED) is 0.391. The van der Waals surface area contributed by atoms with Crippen molar-refractivity contribution in [2.45, 2.75) is 51.4 Å². The molecule has 2 aromatic carbocycles. The van der Waals surface area contributed by atoms with Gasteiger partial charge in [-0.3, -0.25) is 4.79 Å². The zero-order chi connectivity index (χ0) is 25.8. The molecular formula is C29H33NO6. The fourth-order valence-corrected chi connectivity index (χ4v) is 5.08. The van der Waals surface area contributed by atoms with Crippen LogP contribution < -0.4 is 14.8 Å². The number of ether oxygens (including phenoxy) is 3. The van der Waals surface area contributed by atoms with Gasteiger partial charge in [0.05, 0.1) is 26.4 Å². The van der Waals surface area contributed by atoms with E-state index < -0.39 is 11.9 Å². The predicted octanol–water partition coefficient (Wildman–Crippen LogP) is 5.11. The Bertz CT molecular complexity index is 1230. The van der Waals surface area contributed by atoms with E-state index in [2.05, 4.69) is 5.32 Å². The lowest BCUT2D eigenvalue weighted by atomic mass is 9.71. The van der Waals surface area contributed by atoms with Gasteiger partial charge in [0, 0.05) is 29.3 Å². The number of carbonyl (C=O) groups is 2. The number of benzene rings is 2. The van der Waals surface area contributed by atoms with Gasteiger partial charge >= 0.3 is 5.97 Å². The molecule has 0 bridgehead atoms. The van der Waals surface area contributed by atoms with Gasteiger partial charge in [0.1, 0.15) is 5.75 Å². The molecule has 7 nitrogen and oxygen atoms in total. The molecule has 0 radical (unpaired) electrons. The standard InChI is InChI=1S/C29H33NO6/c1-5-6-12-36-29(33)26-17(2)30-22-14-20(18-10-11-24(34-3)25(16-18)35-4)15-23(32)28(22)27(26)19-8-7-9-21(31)13-19/h7-11,13,16,20,27,30-31H,5-6,12,14-15H2,1-4H3. The topological polar surface area (TPSA) is 94.1 Å². The lowest BCUT2D eigenvalue weighted by Crippen LogP contribution is -2.36. The molecule has 36 heavy (non-hydrogen) atoms. The molecule has 2 aliphatic rings. The maximum absolute atomic E-state index is 13.7. The summed E-state index contributed by atoms with van der Waals surface area (Å²) in [5, 5.41) is 13.5. The smallest absolute Gasteiger partial charge is 0.336 e. The van der Waals surface area contributed by atoms with Crippen molar-refractivity contribution < 1.29 is 28.9 Å². The third-order valence-corrected chi connectivity index (χ3v) is 6.86. The Morgan fingerprint density at radius 3 is 2.53 bits per heavy atom. The molecule has 0 amide bonds. The Kier molecular flexibility index (Phi) is 7.67. The number of ketones is 1. The van der Waals surface area contributed by atoms with Gasteiger partial charge in [0.2, 0.25) is 0 Å². The molecule has 0 saturated carbocycles. The zero-order valence-electron chi connectivity index (χ0n) is 21.2. The average molecular weight is 492 g/mol. The molecule has 1 aliphatic carbocycles. The summed E-state index contributed by atoms with van der Waals surface area (Å²) in [7, 11) is 3.18. The van der Waals surface area contributed by atoms with Crippen LogP contribution in [0, 0.1) is 0 Å². The first kappa shape index (κ1) is 25.4. The van der Waals surface area contributed by atoms with E-state index in [9.17, 15) is 14.7 Å². The van der Waals surface area contributed by atoms with Crippen LogP contribution in [0.2, 0.25) is 0 Å². The van der Waals surface area contributed by atoms with Gasteiger partial charge in [-0.2, -0.15) is 0 Å². The van der Waals surface area contributed by atoms with Gasteiger partial charge < -0.3 is 24.6 Å². The highest BCUT2D eigenvalue weighted by atomic mass is 16.5. The molecule has 4 rings (SSSR count). The third-order valence-electron chi connectivity index (χ3n) is 6.86. The minimum Gasteiger partial charge on any atom is -0.508 e. The molecule has 7 heteroatoms. The number of phenolic OH excluding ortho intramolecular Hbond substituents is 1. The number of phenols is 1. The Hall–Kier alpha value is -3.74. The molecule has 0 fully saturated rings. The van der Waals surface area contributed by atoms with E-state index in [0.717, 1.165) is 24.1 Å². The molecule has 2 unspecified atom stereocenters. The number of aromatic hydroxyl groups is 1. The maximum atomic E-state index is 13.7. The highest BCUT2D eigenvalue weighted by Crippen LogP contribution is 2.46. The number of methoxy groups -OCH3 is 2. The number of rotatable bonds is 8. The first-order valence-corrected chi connectivity index (χ1v) is 12.3. The lowest BCUT2D eigenvalue weighted by Gasteiger charge is -2.36. The van der Waals surface area contributed by atoms with Crippen LogP contribution in [0.1, 0.15) is 62.5 Å². The Balaban J connectivity index is 1.74. The number of allylic oxidation sites excluding steroid dienone is 3. The molecular weight excluding hydrogens is 458 g/mol. The van der Waals surface area contributed by atoms with Crippen molar-refractivity contribution in [3.8, 4) is 17.2 Å². The van der Waals surface area contributed by atoms with Crippen molar-refractivity contribution in [1.29, 1.82) is 0 Å². The van der Waals surface area contributed by atoms with E-state index in [1.165, 1.54) is 0 Å². The summed E-state index contributed by atoms with van der Waals surface area (Å²) in [6.07, 6.45) is 2.57. The summed E-state index contributed by atoms with van der Waals surface area (Å²) in [5.41, 5.74) is 4.09. The molecule has 0 saturated heterocycles. The van der Waals surface area contributed by atoms with Crippen LogP contribution in [0.4, 0.5) is 0 Å². The molecule has 190 valence electrons. The van der Waals surface area contributed by atoms with E-state index >= 15 is 0 Å². The van der Waals surface area contributed by atoms with Crippen LogP contribution >= 0.6 is 0 Å². The highest BCUT2D eigenvalue weighted by Gasteiger charge is 2.41. The van der Waals surface area contributed by atoms with E-state index in [1.54, 1.807) is 32.4 Å². The van der Waals surface area contributed by atoms with Crippen molar-refractivity contribution in [2.24, 2.45) is 0 Å². The third kappa shape index (κ3) is 4.96. The lowest BCUT2D eigenvalue weighted by molar-refractivity contribution is -0.139. The number of hydrogen-bond donors (Lipinski definition) is 2. The second-order valence-corrected chi connectivity index (χ2v) is 9.22. The van der Waals surface area contributed by atoms with Crippen molar-refractivity contribution in [1.82, 2.24) is 5.32 Å². The summed E-state index contributed by atoms with van der Waals surface area (Å²) >= 11 is 0. The minimum atomic E-state index is -0.610. The first-order chi connectivity index (χ1) is 17.4. The van der Waals surface area contributed by atoms with Crippen LogP contribution in [-0.2, 0) is 14.3 Å². The molecule has 1 aliphatic heterocycles. The minimum absolute atomic E-state index is 0.0387. The summed E-state index contributed by atoms with van der Waals surface area (Å²) in [4.78, 5) is 26.9. The molecule has 0 aromatic heterocycles. The first-order valence-electron chi connectivity index (χ1n) is 12.3. The normalized spacial score (nSPS) is 19.5. The molecule has 0 spiro atoms. The fourth-order valence-electron chi connectivity index (χ4n) is 5.08. The molecule has 2 N–H and O–H groups in total. The van der Waals surface area contributed by atoms with Gasteiger partial charge in [-0.25, -0.2) is 4.79 Å². The Morgan fingerprint density at radius 2 is 1.83 bits per heavy atom. The summed E-state index contributed by atoms with van der Waals surface area (Å²) in [5.74, 6) is 0.181. The van der Waals surface area contributed by atoms with Crippen LogP contribution in [0.25, 0.3) is 0 Å². The summed E-state index contributed by atoms with van der Waals surface area (Å²) in [6, 6.07) is 12.5. The highest BCUT2D eigenvalue weighted by molar-refractivity contribution is 6.04. The Morgan fingerprint density at radius 1 is 1.06 bits per heavy atom. The van der Waals surface area contributed by atoms with E-state index in [4.69, 9.17) is 14.2 Å². The van der Waals surface area contributed by atoms with Crippen molar-refractivity contribution >= 4 is 11.8 Å². The largest absolute Gasteiger partial charge is 0.508 e. The number of nitrogens with one attached hydrogen (secondary N) is 1. The summed E-state index contributed by atoms with van der Waals surface area (Å²) < 4.78 is 16.4.